The van der Waals surface area contributed by atoms with Crippen molar-refractivity contribution in [3.8, 4) is 11.5 Å². The van der Waals surface area contributed by atoms with E-state index in [-0.39, 0.29) is 17.6 Å². The van der Waals surface area contributed by atoms with Crippen molar-refractivity contribution in [1.29, 1.82) is 0 Å². The number of amides is 1. The van der Waals surface area contributed by atoms with E-state index in [1.807, 2.05) is 19.9 Å². The molecule has 0 saturated heterocycles. The molecule has 3 rings (SSSR count). The second kappa shape index (κ2) is 8.71. The Kier molecular flexibility index (Phi) is 6.26. The van der Waals surface area contributed by atoms with Gasteiger partial charge in [0, 0.05) is 0 Å². The first-order chi connectivity index (χ1) is 14.2. The highest BCUT2D eigenvalue weighted by molar-refractivity contribution is 9.10. The number of halogens is 1. The molecule has 0 aromatic heterocycles. The van der Waals surface area contributed by atoms with E-state index >= 15 is 0 Å². The van der Waals surface area contributed by atoms with E-state index in [4.69, 9.17) is 14.6 Å². The number of aromatic carboxylic acids is 1. The molecule has 0 spiro atoms. The number of rotatable bonds is 6. The highest BCUT2D eigenvalue weighted by atomic mass is 79.9. The molecule has 0 atom stereocenters. The van der Waals surface area contributed by atoms with E-state index < -0.39 is 5.97 Å². The summed E-state index contributed by atoms with van der Waals surface area (Å²) in [5.41, 5.74) is 2.37. The van der Waals surface area contributed by atoms with Gasteiger partial charge in [0.15, 0.2) is 11.5 Å². The minimum absolute atomic E-state index is 0.0220. The van der Waals surface area contributed by atoms with E-state index in [0.29, 0.717) is 32.9 Å². The molecule has 2 aromatic rings. The van der Waals surface area contributed by atoms with Crippen LogP contribution in [0.25, 0.3) is 6.08 Å². The molecular formula is C22H21BrN2O5. The Balaban J connectivity index is 1.93. The maximum Gasteiger partial charge on any atom is 0.335 e. The lowest BCUT2D eigenvalue weighted by atomic mass is 10.1. The van der Waals surface area contributed by atoms with Gasteiger partial charge in [-0.05, 0) is 84.7 Å². The van der Waals surface area contributed by atoms with Crippen molar-refractivity contribution in [2.75, 3.05) is 12.1 Å². The van der Waals surface area contributed by atoms with E-state index in [2.05, 4.69) is 21.0 Å². The van der Waals surface area contributed by atoms with E-state index in [9.17, 15) is 9.59 Å². The third-order valence-corrected chi connectivity index (χ3v) is 4.93. The highest BCUT2D eigenvalue weighted by Crippen LogP contribution is 2.38. The van der Waals surface area contributed by atoms with E-state index in [1.54, 1.807) is 38.3 Å². The van der Waals surface area contributed by atoms with Gasteiger partial charge in [-0.1, -0.05) is 0 Å². The summed E-state index contributed by atoms with van der Waals surface area (Å²) in [6, 6.07) is 9.62. The van der Waals surface area contributed by atoms with Gasteiger partial charge in [-0.3, -0.25) is 4.79 Å². The zero-order chi connectivity index (χ0) is 22.0. The van der Waals surface area contributed by atoms with Crippen molar-refractivity contribution in [2.45, 2.75) is 26.9 Å². The lowest BCUT2D eigenvalue weighted by Crippen LogP contribution is -2.21. The first-order valence-corrected chi connectivity index (χ1v) is 9.99. The maximum atomic E-state index is 13.0. The van der Waals surface area contributed by atoms with Gasteiger partial charge in [-0.2, -0.15) is 10.1 Å². The molecule has 8 heteroatoms. The number of carbonyl (C=O) groups is 2. The summed E-state index contributed by atoms with van der Waals surface area (Å²) < 4.78 is 12.0. The lowest BCUT2D eigenvalue weighted by Gasteiger charge is -2.16. The smallest absolute Gasteiger partial charge is 0.335 e. The van der Waals surface area contributed by atoms with Crippen LogP contribution in [-0.4, -0.2) is 35.9 Å². The molecule has 0 fully saturated rings. The quantitative estimate of drug-likeness (QED) is 0.612. The van der Waals surface area contributed by atoms with Gasteiger partial charge in [0.25, 0.3) is 5.91 Å². The Bertz CT molecular complexity index is 1060. The Morgan fingerprint density at radius 2 is 1.90 bits per heavy atom. The molecule has 30 heavy (non-hydrogen) atoms. The Morgan fingerprint density at radius 1 is 1.23 bits per heavy atom. The standard InChI is InChI=1S/C22H21BrN2O5/c1-12(2)30-20-18(23)10-14(11-19(20)29-4)9-17-13(3)24-25(21(17)26)16-7-5-15(6-8-16)22(27)28/h5-12H,1-4H3,(H,27,28). The van der Waals surface area contributed by atoms with Crippen molar-refractivity contribution in [3.05, 3.63) is 57.6 Å². The first kappa shape index (κ1) is 21.6. The SMILES string of the molecule is COc1cc(C=C2C(=O)N(c3ccc(C(=O)O)cc3)N=C2C)cc(Br)c1OC(C)C. The van der Waals surface area contributed by atoms with Crippen molar-refractivity contribution in [1.82, 2.24) is 0 Å². The van der Waals surface area contributed by atoms with Crippen LogP contribution in [0.15, 0.2) is 51.5 Å². The molecule has 1 aliphatic heterocycles. The minimum atomic E-state index is -1.03. The van der Waals surface area contributed by atoms with Gasteiger partial charge < -0.3 is 14.6 Å². The molecule has 156 valence electrons. The highest BCUT2D eigenvalue weighted by Gasteiger charge is 2.29. The minimum Gasteiger partial charge on any atom is -0.493 e. The number of benzene rings is 2. The van der Waals surface area contributed by atoms with Gasteiger partial charge in [0.1, 0.15) is 0 Å². The number of hydrogen-bond acceptors (Lipinski definition) is 5. The van der Waals surface area contributed by atoms with Crippen LogP contribution < -0.4 is 14.5 Å². The monoisotopic (exact) mass is 472 g/mol. The van der Waals surface area contributed by atoms with Crippen molar-refractivity contribution < 1.29 is 24.2 Å². The van der Waals surface area contributed by atoms with Gasteiger partial charge in [-0.15, -0.1) is 0 Å². The molecule has 0 saturated carbocycles. The normalized spacial score (nSPS) is 15.0. The first-order valence-electron chi connectivity index (χ1n) is 9.20. The van der Waals surface area contributed by atoms with Gasteiger partial charge in [0.05, 0.1) is 40.2 Å². The fourth-order valence-electron chi connectivity index (χ4n) is 2.94. The summed E-state index contributed by atoms with van der Waals surface area (Å²) >= 11 is 3.51. The zero-order valence-corrected chi connectivity index (χ0v) is 18.6. The Hall–Kier alpha value is -3.13. The average Bonchev–Trinajstić information content (AvgIpc) is 2.97. The van der Waals surface area contributed by atoms with Crippen LogP contribution in [-0.2, 0) is 4.79 Å². The summed E-state index contributed by atoms with van der Waals surface area (Å²) in [6.07, 6.45) is 1.71. The van der Waals surface area contributed by atoms with Gasteiger partial charge in [0.2, 0.25) is 0 Å². The summed E-state index contributed by atoms with van der Waals surface area (Å²) in [4.78, 5) is 24.0. The topological polar surface area (TPSA) is 88.4 Å². The van der Waals surface area contributed by atoms with Crippen LogP contribution in [0, 0.1) is 0 Å². The van der Waals surface area contributed by atoms with Gasteiger partial charge in [-0.25, -0.2) is 4.79 Å². The summed E-state index contributed by atoms with van der Waals surface area (Å²) in [7, 11) is 1.56. The molecule has 1 N–H and O–H groups in total. The third kappa shape index (κ3) is 4.38. The van der Waals surface area contributed by atoms with Gasteiger partial charge >= 0.3 is 5.97 Å². The lowest BCUT2D eigenvalue weighted by molar-refractivity contribution is -0.114. The summed E-state index contributed by atoms with van der Waals surface area (Å²) in [5.74, 6) is -0.184. The van der Waals surface area contributed by atoms with Crippen LogP contribution in [0.3, 0.4) is 0 Å². The molecule has 1 amide bonds. The van der Waals surface area contributed by atoms with Crippen LogP contribution >= 0.6 is 15.9 Å². The molecule has 0 bridgehead atoms. The van der Waals surface area contributed by atoms with E-state index in [1.165, 1.54) is 17.1 Å². The van der Waals surface area contributed by atoms with Crippen LogP contribution in [0.2, 0.25) is 0 Å². The number of anilines is 1. The number of hydrogen-bond donors (Lipinski definition) is 1. The molecule has 1 heterocycles. The molecular weight excluding hydrogens is 452 g/mol. The summed E-state index contributed by atoms with van der Waals surface area (Å²) in [5, 5.41) is 14.6. The Labute approximate surface area is 182 Å². The van der Waals surface area contributed by atoms with Crippen LogP contribution in [0.4, 0.5) is 5.69 Å². The van der Waals surface area contributed by atoms with Crippen molar-refractivity contribution >= 4 is 45.3 Å². The number of carbonyl (C=O) groups excluding carboxylic acids is 1. The molecule has 1 aliphatic rings. The van der Waals surface area contributed by atoms with Crippen LogP contribution in [0.5, 0.6) is 11.5 Å². The predicted octanol–water partition coefficient (Wildman–Crippen LogP) is 4.75. The van der Waals surface area contributed by atoms with Crippen molar-refractivity contribution in [3.63, 3.8) is 0 Å². The number of carboxylic acids is 1. The van der Waals surface area contributed by atoms with E-state index in [0.717, 1.165) is 5.56 Å². The molecule has 0 aliphatic carbocycles. The Morgan fingerprint density at radius 3 is 2.47 bits per heavy atom. The fraction of sp³-hybridized carbons (Fsp3) is 0.227. The zero-order valence-electron chi connectivity index (χ0n) is 17.0. The second-order valence-corrected chi connectivity index (χ2v) is 7.77. The third-order valence-electron chi connectivity index (χ3n) is 4.34. The number of carboxylic acid groups (broad SMARTS) is 1. The van der Waals surface area contributed by atoms with Crippen LogP contribution in [0.1, 0.15) is 36.7 Å². The second-order valence-electron chi connectivity index (χ2n) is 6.91. The fourth-order valence-corrected chi connectivity index (χ4v) is 3.50. The predicted molar refractivity (Wildman–Crippen MR) is 118 cm³/mol. The number of hydrazone groups is 1. The molecule has 7 nitrogen and oxygen atoms in total. The number of ether oxygens (including phenoxy) is 2. The van der Waals surface area contributed by atoms with Crippen molar-refractivity contribution in [2.24, 2.45) is 5.10 Å². The molecule has 0 unspecified atom stereocenters. The number of nitrogens with zero attached hydrogens (tertiary/aromatic N) is 2. The summed E-state index contributed by atoms with van der Waals surface area (Å²) in [6.45, 7) is 5.60. The largest absolute Gasteiger partial charge is 0.493 e. The molecule has 2 aromatic carbocycles. The number of methoxy groups -OCH3 is 1. The maximum absolute atomic E-state index is 13.0. The molecule has 0 radical (unpaired) electrons. The average molecular weight is 473 g/mol.